The third-order valence-electron chi connectivity index (χ3n) is 7.37. The zero-order valence-corrected chi connectivity index (χ0v) is 17.8. The molecule has 0 radical (unpaired) electrons. The third kappa shape index (κ3) is 3.73. The number of hydrogen-bond acceptors (Lipinski definition) is 2. The summed E-state index contributed by atoms with van der Waals surface area (Å²) in [5.41, 5.74) is 8.64. The van der Waals surface area contributed by atoms with Crippen molar-refractivity contribution in [2.24, 2.45) is 0 Å². The Kier molecular flexibility index (Phi) is 4.95. The first-order chi connectivity index (χ1) is 14.1. The van der Waals surface area contributed by atoms with Gasteiger partial charge in [-0.1, -0.05) is 47.5 Å². The smallest absolute Gasteiger partial charge is 0.237 e. The second-order valence-electron chi connectivity index (χ2n) is 9.40. The topological polar surface area (TPSA) is 23.6 Å². The van der Waals surface area contributed by atoms with E-state index >= 15 is 0 Å². The van der Waals surface area contributed by atoms with E-state index in [2.05, 4.69) is 60.0 Å². The van der Waals surface area contributed by atoms with Crippen LogP contribution in [0, 0.1) is 13.8 Å². The van der Waals surface area contributed by atoms with Crippen LogP contribution in [-0.2, 0) is 30.5 Å². The molecule has 152 valence electrons. The first kappa shape index (κ1) is 18.9. The van der Waals surface area contributed by atoms with Crippen molar-refractivity contribution in [2.75, 3.05) is 19.6 Å². The maximum atomic E-state index is 13.1. The molecule has 0 N–H and O–H groups in total. The van der Waals surface area contributed by atoms with Gasteiger partial charge in [-0.05, 0) is 74.6 Å². The van der Waals surface area contributed by atoms with Gasteiger partial charge >= 0.3 is 0 Å². The summed E-state index contributed by atoms with van der Waals surface area (Å²) >= 11 is 0. The summed E-state index contributed by atoms with van der Waals surface area (Å²) < 4.78 is 0. The Balaban J connectivity index is 1.23. The van der Waals surface area contributed by atoms with Crippen LogP contribution in [0.15, 0.2) is 36.4 Å². The summed E-state index contributed by atoms with van der Waals surface area (Å²) in [5.74, 6) is 0.339. The molecular formula is C26H32N2O. The number of nitrogens with zero attached hydrogens (tertiary/aromatic N) is 2. The average Bonchev–Trinajstić information content (AvgIpc) is 2.73. The minimum Gasteiger partial charge on any atom is -0.337 e. The lowest BCUT2D eigenvalue weighted by Crippen LogP contribution is -2.58. The van der Waals surface area contributed by atoms with Crippen molar-refractivity contribution in [1.82, 2.24) is 9.80 Å². The summed E-state index contributed by atoms with van der Waals surface area (Å²) in [7, 11) is 0. The number of hydrogen-bond donors (Lipinski definition) is 0. The van der Waals surface area contributed by atoms with Crippen molar-refractivity contribution in [1.29, 1.82) is 0 Å². The van der Waals surface area contributed by atoms with Crippen LogP contribution < -0.4 is 0 Å². The van der Waals surface area contributed by atoms with Crippen molar-refractivity contribution >= 4 is 5.91 Å². The molecule has 3 aliphatic rings. The Morgan fingerprint density at radius 3 is 1.97 bits per heavy atom. The van der Waals surface area contributed by atoms with Crippen LogP contribution in [0.4, 0.5) is 0 Å². The summed E-state index contributed by atoms with van der Waals surface area (Å²) in [6.07, 6.45) is 6.66. The van der Waals surface area contributed by atoms with Crippen LogP contribution in [0.2, 0.25) is 0 Å². The van der Waals surface area contributed by atoms with Gasteiger partial charge in [0.05, 0.1) is 6.54 Å². The van der Waals surface area contributed by atoms with Crippen LogP contribution in [0.25, 0.3) is 0 Å². The quantitative estimate of drug-likeness (QED) is 0.780. The number of carbonyl (C=O) groups excluding carboxylic acids is 1. The molecule has 2 unspecified atom stereocenters. The van der Waals surface area contributed by atoms with E-state index < -0.39 is 0 Å². The summed E-state index contributed by atoms with van der Waals surface area (Å²) in [6, 6.07) is 14.6. The highest BCUT2D eigenvalue weighted by Crippen LogP contribution is 2.29. The van der Waals surface area contributed by atoms with Crippen LogP contribution in [0.3, 0.4) is 0 Å². The molecule has 2 aromatic carbocycles. The maximum absolute atomic E-state index is 13.1. The number of rotatable bonds is 2. The van der Waals surface area contributed by atoms with Gasteiger partial charge < -0.3 is 4.90 Å². The maximum Gasteiger partial charge on any atom is 0.237 e. The molecule has 1 heterocycles. The molecule has 3 nitrogen and oxygen atoms in total. The van der Waals surface area contributed by atoms with Gasteiger partial charge in [-0.3, -0.25) is 9.69 Å². The average molecular weight is 389 g/mol. The monoisotopic (exact) mass is 388 g/mol. The van der Waals surface area contributed by atoms with Gasteiger partial charge in [0.15, 0.2) is 0 Å². The molecule has 2 aliphatic carbocycles. The highest BCUT2D eigenvalue weighted by atomic mass is 16.2. The number of piperazine rings is 1. The lowest BCUT2D eigenvalue weighted by molar-refractivity contribution is -0.140. The van der Waals surface area contributed by atoms with E-state index in [-0.39, 0.29) is 0 Å². The van der Waals surface area contributed by atoms with Gasteiger partial charge in [0.2, 0.25) is 5.91 Å². The predicted octanol–water partition coefficient (Wildman–Crippen LogP) is 3.86. The first-order valence-electron chi connectivity index (χ1n) is 11.3. The number of fused-ring (bicyclic) bond motifs is 2. The van der Waals surface area contributed by atoms with Gasteiger partial charge in [-0.25, -0.2) is 0 Å². The molecule has 3 heteroatoms. The molecule has 1 aliphatic heterocycles. The molecule has 0 saturated carbocycles. The lowest BCUT2D eigenvalue weighted by Gasteiger charge is -2.44. The third-order valence-corrected chi connectivity index (χ3v) is 7.37. The van der Waals surface area contributed by atoms with Crippen LogP contribution >= 0.6 is 0 Å². The molecule has 2 aromatic rings. The molecule has 2 atom stereocenters. The number of amides is 1. The van der Waals surface area contributed by atoms with Crippen LogP contribution in [0.1, 0.15) is 46.2 Å². The Morgan fingerprint density at radius 2 is 1.34 bits per heavy atom. The van der Waals surface area contributed by atoms with E-state index in [4.69, 9.17) is 0 Å². The van der Waals surface area contributed by atoms with E-state index in [0.29, 0.717) is 24.5 Å². The number of aryl methyl sites for hydroxylation is 4. The molecule has 1 amide bonds. The van der Waals surface area contributed by atoms with Gasteiger partial charge in [0, 0.05) is 25.2 Å². The highest BCUT2D eigenvalue weighted by molar-refractivity contribution is 5.79. The zero-order valence-electron chi connectivity index (χ0n) is 17.8. The van der Waals surface area contributed by atoms with Gasteiger partial charge in [-0.15, -0.1) is 0 Å². The molecule has 0 aromatic heterocycles. The predicted molar refractivity (Wildman–Crippen MR) is 117 cm³/mol. The lowest BCUT2D eigenvalue weighted by atomic mass is 9.85. The molecule has 0 bridgehead atoms. The molecule has 0 spiro atoms. The van der Waals surface area contributed by atoms with Crippen LogP contribution in [-0.4, -0.2) is 47.4 Å². The van der Waals surface area contributed by atoms with Crippen molar-refractivity contribution < 1.29 is 4.79 Å². The largest absolute Gasteiger partial charge is 0.337 e. The Hall–Kier alpha value is -2.13. The van der Waals surface area contributed by atoms with E-state index in [0.717, 1.165) is 45.2 Å². The van der Waals surface area contributed by atoms with Crippen molar-refractivity contribution in [3.63, 3.8) is 0 Å². The number of carbonyl (C=O) groups is 1. The standard InChI is InChI=1S/C26H32N2O/c1-18-3-5-22-15-24(9-7-20(22)13-18)27-11-12-28(26(29)17-27)25-10-8-21-14-19(2)4-6-23(21)16-25/h3-6,13-14,24-25H,7-12,15-17H2,1-2H3. The highest BCUT2D eigenvalue weighted by Gasteiger charge is 2.35. The molecule has 1 saturated heterocycles. The SMILES string of the molecule is Cc1ccc2c(c1)CCC(N1CCN(C3CCc4cc(C)ccc4C3)C(=O)C1)C2. The molecule has 1 fully saturated rings. The summed E-state index contributed by atoms with van der Waals surface area (Å²) in [5, 5.41) is 0. The van der Waals surface area contributed by atoms with Crippen molar-refractivity contribution in [3.8, 4) is 0 Å². The molecule has 29 heavy (non-hydrogen) atoms. The van der Waals surface area contributed by atoms with Gasteiger partial charge in [0.25, 0.3) is 0 Å². The minimum absolute atomic E-state index is 0.339. The normalized spacial score (nSPS) is 24.9. The summed E-state index contributed by atoms with van der Waals surface area (Å²) in [6.45, 7) is 6.86. The van der Waals surface area contributed by atoms with E-state index in [9.17, 15) is 4.79 Å². The van der Waals surface area contributed by atoms with Crippen LogP contribution in [0.5, 0.6) is 0 Å². The number of benzene rings is 2. The summed E-state index contributed by atoms with van der Waals surface area (Å²) in [4.78, 5) is 17.7. The minimum atomic E-state index is 0.339. The Labute approximate surface area is 174 Å². The fourth-order valence-electron chi connectivity index (χ4n) is 5.71. The first-order valence-corrected chi connectivity index (χ1v) is 11.3. The Bertz CT molecular complexity index is 934. The molecule has 5 rings (SSSR count). The second kappa shape index (κ2) is 7.60. The van der Waals surface area contributed by atoms with Gasteiger partial charge in [0.1, 0.15) is 0 Å². The molecular weight excluding hydrogens is 356 g/mol. The fourth-order valence-corrected chi connectivity index (χ4v) is 5.71. The Morgan fingerprint density at radius 1 is 0.759 bits per heavy atom. The van der Waals surface area contributed by atoms with E-state index in [1.807, 2.05) is 0 Å². The van der Waals surface area contributed by atoms with Crippen molar-refractivity contribution in [3.05, 3.63) is 69.8 Å². The van der Waals surface area contributed by atoms with Crippen molar-refractivity contribution in [2.45, 2.75) is 64.5 Å². The second-order valence-corrected chi connectivity index (χ2v) is 9.40. The van der Waals surface area contributed by atoms with Gasteiger partial charge in [-0.2, -0.15) is 0 Å². The van der Waals surface area contributed by atoms with E-state index in [1.54, 1.807) is 0 Å². The fraction of sp³-hybridized carbons (Fsp3) is 0.500. The zero-order chi connectivity index (χ0) is 20.0. The van der Waals surface area contributed by atoms with E-state index in [1.165, 1.54) is 39.8 Å².